The minimum Gasteiger partial charge on any atom is -0.377 e. The number of nitrogens with one attached hydrogen (secondary N) is 2. The number of benzene rings is 1. The maximum atomic E-state index is 12.1. The van der Waals surface area contributed by atoms with Crippen molar-refractivity contribution in [2.75, 3.05) is 26.7 Å². The summed E-state index contributed by atoms with van der Waals surface area (Å²) in [4.78, 5) is 0.295. The number of rotatable bonds is 10. The number of aryl methyl sites for hydroxylation is 1. The van der Waals surface area contributed by atoms with Crippen LogP contribution in [0.5, 0.6) is 0 Å². The third-order valence-corrected chi connectivity index (χ3v) is 4.58. The minimum absolute atomic E-state index is 0.134. The molecule has 0 aliphatic rings. The second-order valence-electron chi connectivity index (χ2n) is 4.97. The van der Waals surface area contributed by atoms with Crippen molar-refractivity contribution in [3.8, 4) is 0 Å². The molecule has 1 unspecified atom stereocenters. The molecule has 120 valence electrons. The Morgan fingerprint density at radius 2 is 1.90 bits per heavy atom. The van der Waals surface area contributed by atoms with E-state index in [9.17, 15) is 8.42 Å². The number of sulfonamides is 1. The fourth-order valence-electron chi connectivity index (χ4n) is 1.96. The van der Waals surface area contributed by atoms with Crippen LogP contribution in [0.15, 0.2) is 29.2 Å². The van der Waals surface area contributed by atoms with Gasteiger partial charge in [0.15, 0.2) is 0 Å². The molecule has 1 aromatic carbocycles. The molecule has 5 nitrogen and oxygen atoms in total. The van der Waals surface area contributed by atoms with E-state index in [2.05, 4.69) is 10.0 Å². The first-order chi connectivity index (χ1) is 9.99. The van der Waals surface area contributed by atoms with Crippen LogP contribution < -0.4 is 10.0 Å². The Labute approximate surface area is 128 Å². The van der Waals surface area contributed by atoms with Gasteiger partial charge in [0, 0.05) is 13.2 Å². The summed E-state index contributed by atoms with van der Waals surface area (Å²) in [5, 5.41) is 3.09. The summed E-state index contributed by atoms with van der Waals surface area (Å²) in [6.45, 7) is 5.54. The van der Waals surface area contributed by atoms with Crippen molar-refractivity contribution in [3.05, 3.63) is 29.8 Å². The molecule has 6 heteroatoms. The van der Waals surface area contributed by atoms with Crippen LogP contribution in [0, 0.1) is 0 Å². The monoisotopic (exact) mass is 314 g/mol. The number of hydrogen-bond acceptors (Lipinski definition) is 4. The van der Waals surface area contributed by atoms with E-state index >= 15 is 0 Å². The van der Waals surface area contributed by atoms with E-state index < -0.39 is 10.0 Å². The van der Waals surface area contributed by atoms with E-state index in [-0.39, 0.29) is 12.6 Å². The van der Waals surface area contributed by atoms with Crippen LogP contribution in [0.25, 0.3) is 0 Å². The fraction of sp³-hybridized carbons (Fsp3) is 0.600. The molecule has 0 amide bonds. The molecule has 1 atom stereocenters. The number of ether oxygens (including phenoxy) is 1. The maximum Gasteiger partial charge on any atom is 0.240 e. The molecule has 2 N–H and O–H groups in total. The third-order valence-electron chi connectivity index (χ3n) is 3.14. The van der Waals surface area contributed by atoms with Gasteiger partial charge in [-0.2, -0.15) is 0 Å². The van der Waals surface area contributed by atoms with Crippen molar-refractivity contribution in [3.63, 3.8) is 0 Å². The Hall–Kier alpha value is -0.950. The summed E-state index contributed by atoms with van der Waals surface area (Å²) in [7, 11) is -1.54. The highest BCUT2D eigenvalue weighted by atomic mass is 32.2. The largest absolute Gasteiger partial charge is 0.377 e. The molecule has 0 aliphatic carbocycles. The Morgan fingerprint density at radius 1 is 1.24 bits per heavy atom. The average Bonchev–Trinajstić information content (AvgIpc) is 2.46. The van der Waals surface area contributed by atoms with Gasteiger partial charge in [-0.3, -0.25) is 0 Å². The van der Waals surface area contributed by atoms with Gasteiger partial charge < -0.3 is 10.1 Å². The SMILES string of the molecule is CCOC(C)CNS(=O)(=O)c1ccc(CCCNC)cc1. The minimum atomic E-state index is -3.46. The lowest BCUT2D eigenvalue weighted by Gasteiger charge is -2.13. The average molecular weight is 314 g/mol. The highest BCUT2D eigenvalue weighted by Crippen LogP contribution is 2.12. The summed E-state index contributed by atoms with van der Waals surface area (Å²) in [5.74, 6) is 0. The molecule has 0 saturated heterocycles. The van der Waals surface area contributed by atoms with Crippen molar-refractivity contribution in [1.82, 2.24) is 10.0 Å². The zero-order valence-corrected chi connectivity index (χ0v) is 13.9. The molecule has 21 heavy (non-hydrogen) atoms. The van der Waals surface area contributed by atoms with E-state index in [1.54, 1.807) is 12.1 Å². The second kappa shape index (κ2) is 9.15. The van der Waals surface area contributed by atoms with Gasteiger partial charge in [0.25, 0.3) is 0 Å². The van der Waals surface area contributed by atoms with Gasteiger partial charge in [-0.05, 0) is 58.0 Å². The molecular formula is C15H26N2O3S. The van der Waals surface area contributed by atoms with Gasteiger partial charge in [0.2, 0.25) is 10.0 Å². The van der Waals surface area contributed by atoms with Gasteiger partial charge in [-0.1, -0.05) is 12.1 Å². The predicted molar refractivity (Wildman–Crippen MR) is 85.0 cm³/mol. The molecule has 0 bridgehead atoms. The topological polar surface area (TPSA) is 67.4 Å². The highest BCUT2D eigenvalue weighted by molar-refractivity contribution is 7.89. The molecule has 0 radical (unpaired) electrons. The maximum absolute atomic E-state index is 12.1. The van der Waals surface area contributed by atoms with Crippen molar-refractivity contribution >= 4 is 10.0 Å². The zero-order chi connectivity index (χ0) is 15.7. The lowest BCUT2D eigenvalue weighted by Crippen LogP contribution is -2.32. The fourth-order valence-corrected chi connectivity index (χ4v) is 3.07. The van der Waals surface area contributed by atoms with Gasteiger partial charge in [0.05, 0.1) is 11.0 Å². The first-order valence-electron chi connectivity index (χ1n) is 7.34. The van der Waals surface area contributed by atoms with E-state index in [4.69, 9.17) is 4.74 Å². The molecule has 1 aromatic rings. The molecule has 0 fully saturated rings. The first kappa shape index (κ1) is 18.1. The van der Waals surface area contributed by atoms with Gasteiger partial charge >= 0.3 is 0 Å². The second-order valence-corrected chi connectivity index (χ2v) is 6.74. The van der Waals surface area contributed by atoms with Crippen LogP contribution >= 0.6 is 0 Å². The van der Waals surface area contributed by atoms with Crippen molar-refractivity contribution in [2.24, 2.45) is 0 Å². The summed E-state index contributed by atoms with van der Waals surface area (Å²) in [5.41, 5.74) is 1.15. The van der Waals surface area contributed by atoms with Crippen molar-refractivity contribution in [2.45, 2.75) is 37.7 Å². The van der Waals surface area contributed by atoms with E-state index in [1.165, 1.54) is 0 Å². The predicted octanol–water partition coefficient (Wildman–Crippen LogP) is 1.54. The standard InChI is InChI=1S/C15H26N2O3S/c1-4-20-13(2)12-17-21(18,19)15-9-7-14(8-10-15)6-5-11-16-3/h7-10,13,16-17H,4-6,11-12H2,1-3H3. The Morgan fingerprint density at radius 3 is 2.48 bits per heavy atom. The summed E-state index contributed by atoms with van der Waals surface area (Å²) >= 11 is 0. The van der Waals surface area contributed by atoms with Crippen LogP contribution in [0.4, 0.5) is 0 Å². The third kappa shape index (κ3) is 6.56. The quantitative estimate of drug-likeness (QED) is 0.643. The van der Waals surface area contributed by atoms with Crippen LogP contribution in [0.1, 0.15) is 25.8 Å². The molecule has 0 saturated carbocycles. The molecular weight excluding hydrogens is 288 g/mol. The Balaban J connectivity index is 2.58. The van der Waals surface area contributed by atoms with Gasteiger partial charge in [0.1, 0.15) is 0 Å². The normalized spacial score (nSPS) is 13.3. The van der Waals surface area contributed by atoms with E-state index in [1.807, 2.05) is 33.0 Å². The van der Waals surface area contributed by atoms with Crippen LogP contribution in [0.2, 0.25) is 0 Å². The molecule has 0 aromatic heterocycles. The van der Waals surface area contributed by atoms with Gasteiger partial charge in [-0.25, -0.2) is 13.1 Å². The van der Waals surface area contributed by atoms with Crippen molar-refractivity contribution in [1.29, 1.82) is 0 Å². The number of hydrogen-bond donors (Lipinski definition) is 2. The lowest BCUT2D eigenvalue weighted by molar-refractivity contribution is 0.0799. The smallest absolute Gasteiger partial charge is 0.240 e. The molecule has 1 rings (SSSR count). The summed E-state index contributed by atoms with van der Waals surface area (Å²) in [6.07, 6.45) is 1.84. The Bertz CT molecular complexity index is 500. The van der Waals surface area contributed by atoms with Gasteiger partial charge in [-0.15, -0.1) is 0 Å². The summed E-state index contributed by atoms with van der Waals surface area (Å²) < 4.78 is 32.2. The van der Waals surface area contributed by atoms with Crippen LogP contribution in [0.3, 0.4) is 0 Å². The lowest BCUT2D eigenvalue weighted by atomic mass is 10.1. The van der Waals surface area contributed by atoms with E-state index in [0.29, 0.717) is 11.5 Å². The highest BCUT2D eigenvalue weighted by Gasteiger charge is 2.14. The zero-order valence-electron chi connectivity index (χ0n) is 13.1. The van der Waals surface area contributed by atoms with Crippen molar-refractivity contribution < 1.29 is 13.2 Å². The summed E-state index contributed by atoms with van der Waals surface area (Å²) in [6, 6.07) is 7.05. The molecule has 0 aliphatic heterocycles. The Kier molecular flexibility index (Phi) is 7.88. The first-order valence-corrected chi connectivity index (χ1v) is 8.82. The van der Waals surface area contributed by atoms with Crippen LogP contribution in [-0.2, 0) is 21.2 Å². The molecule has 0 spiro atoms. The van der Waals surface area contributed by atoms with E-state index in [0.717, 1.165) is 24.9 Å². The van der Waals surface area contributed by atoms with Crippen LogP contribution in [-0.4, -0.2) is 41.3 Å². The molecule has 0 heterocycles.